The lowest BCUT2D eigenvalue weighted by atomic mass is 10.2. The first kappa shape index (κ1) is 12.8. The van der Waals surface area contributed by atoms with Gasteiger partial charge in [-0.15, -0.1) is 0 Å². The Bertz CT molecular complexity index is 463. The normalized spacial score (nSPS) is 15.8. The smallest absolute Gasteiger partial charge is 0.253 e. The van der Waals surface area contributed by atoms with Crippen molar-refractivity contribution in [1.82, 2.24) is 14.8 Å². The van der Waals surface area contributed by atoms with Crippen molar-refractivity contribution in [3.63, 3.8) is 0 Å². The number of H-pyrrole nitrogens is 1. The molecule has 1 aromatic heterocycles. The van der Waals surface area contributed by atoms with Gasteiger partial charge in [-0.2, -0.15) is 0 Å². The van der Waals surface area contributed by atoms with Gasteiger partial charge in [-0.1, -0.05) is 0 Å². The second-order valence-corrected chi connectivity index (χ2v) is 4.72. The van der Waals surface area contributed by atoms with Crippen LogP contribution in [0, 0.1) is 0 Å². The Morgan fingerprint density at radius 3 is 2.83 bits per heavy atom. The number of pyridine rings is 1. The maximum Gasteiger partial charge on any atom is 0.253 e. The molecule has 0 unspecified atom stereocenters. The van der Waals surface area contributed by atoms with Crippen LogP contribution in [0.4, 0.5) is 0 Å². The molecule has 0 atom stereocenters. The number of nitrogens with one attached hydrogen (secondary N) is 1. The third-order valence-electron chi connectivity index (χ3n) is 3.32. The molecule has 18 heavy (non-hydrogen) atoms. The van der Waals surface area contributed by atoms with Crippen LogP contribution in [0.25, 0.3) is 0 Å². The van der Waals surface area contributed by atoms with Crippen molar-refractivity contribution in [3.05, 3.63) is 34.2 Å². The minimum Gasteiger partial charge on any atom is -0.340 e. The minimum atomic E-state index is -0.242. The summed E-state index contributed by atoms with van der Waals surface area (Å²) in [5, 5.41) is 0. The zero-order chi connectivity index (χ0) is 13.0. The monoisotopic (exact) mass is 249 g/mol. The predicted octanol–water partition coefficient (Wildman–Crippen LogP) is 0.543. The molecule has 1 saturated heterocycles. The summed E-state index contributed by atoms with van der Waals surface area (Å²) in [4.78, 5) is 29.8. The highest BCUT2D eigenvalue weighted by molar-refractivity contribution is 5.93. The zero-order valence-electron chi connectivity index (χ0n) is 10.7. The molecule has 2 rings (SSSR count). The lowest BCUT2D eigenvalue weighted by Gasteiger charge is -2.21. The molecule has 1 N–H and O–H groups in total. The standard InChI is InChI=1S/C13H19N3O2/c1-15(8-9-16-6-2-3-7-16)13(18)11-4-5-14-12(17)10-11/h4-5,10H,2-3,6-9H2,1H3,(H,14,17). The number of aromatic nitrogens is 1. The summed E-state index contributed by atoms with van der Waals surface area (Å²) < 4.78 is 0. The van der Waals surface area contributed by atoms with Crippen LogP contribution in [0.15, 0.2) is 23.1 Å². The van der Waals surface area contributed by atoms with Crippen LogP contribution in [0.2, 0.25) is 0 Å². The second-order valence-electron chi connectivity index (χ2n) is 4.72. The van der Waals surface area contributed by atoms with E-state index in [1.165, 1.54) is 25.1 Å². The van der Waals surface area contributed by atoms with Gasteiger partial charge in [0, 0.05) is 38.0 Å². The van der Waals surface area contributed by atoms with E-state index in [0.717, 1.165) is 19.6 Å². The van der Waals surface area contributed by atoms with E-state index in [2.05, 4.69) is 9.88 Å². The van der Waals surface area contributed by atoms with E-state index >= 15 is 0 Å². The minimum absolute atomic E-state index is 0.0969. The lowest BCUT2D eigenvalue weighted by Crippen LogP contribution is -2.35. The molecule has 0 aliphatic carbocycles. The Labute approximate surface area is 106 Å². The number of hydrogen-bond donors (Lipinski definition) is 1. The van der Waals surface area contributed by atoms with Crippen LogP contribution in [0.1, 0.15) is 23.2 Å². The summed E-state index contributed by atoms with van der Waals surface area (Å²) in [5.74, 6) is -0.0969. The highest BCUT2D eigenvalue weighted by Gasteiger charge is 2.15. The molecule has 0 aromatic carbocycles. The van der Waals surface area contributed by atoms with E-state index in [9.17, 15) is 9.59 Å². The molecule has 5 heteroatoms. The first-order valence-corrected chi connectivity index (χ1v) is 6.33. The van der Waals surface area contributed by atoms with Crippen molar-refractivity contribution in [2.45, 2.75) is 12.8 Å². The first-order chi connectivity index (χ1) is 8.66. The summed E-state index contributed by atoms with van der Waals surface area (Å²) in [6, 6.07) is 2.98. The van der Waals surface area contributed by atoms with Gasteiger partial charge in [0.1, 0.15) is 0 Å². The van der Waals surface area contributed by atoms with Gasteiger partial charge in [-0.05, 0) is 32.0 Å². The summed E-state index contributed by atoms with van der Waals surface area (Å²) in [6.45, 7) is 3.87. The van der Waals surface area contributed by atoms with Gasteiger partial charge in [0.25, 0.3) is 5.91 Å². The Hall–Kier alpha value is -1.62. The number of aromatic amines is 1. The maximum absolute atomic E-state index is 12.1. The van der Waals surface area contributed by atoms with E-state index in [0.29, 0.717) is 12.1 Å². The number of nitrogens with zero attached hydrogens (tertiary/aromatic N) is 2. The summed E-state index contributed by atoms with van der Waals surface area (Å²) >= 11 is 0. The number of hydrogen-bond acceptors (Lipinski definition) is 3. The van der Waals surface area contributed by atoms with Crippen LogP contribution >= 0.6 is 0 Å². The van der Waals surface area contributed by atoms with Gasteiger partial charge in [0.2, 0.25) is 5.56 Å². The molecule has 1 aliphatic rings. The number of carbonyl (C=O) groups is 1. The van der Waals surface area contributed by atoms with Gasteiger partial charge in [-0.3, -0.25) is 9.59 Å². The molecule has 1 aliphatic heterocycles. The lowest BCUT2D eigenvalue weighted by molar-refractivity contribution is 0.0782. The molecule has 1 fully saturated rings. The average molecular weight is 249 g/mol. The average Bonchev–Trinajstić information content (AvgIpc) is 2.88. The SMILES string of the molecule is CN(CCN1CCCC1)C(=O)c1cc[nH]c(=O)c1. The van der Waals surface area contributed by atoms with E-state index < -0.39 is 0 Å². The van der Waals surface area contributed by atoms with E-state index in [4.69, 9.17) is 0 Å². The molecule has 5 nitrogen and oxygen atoms in total. The number of carbonyl (C=O) groups excluding carboxylic acids is 1. The van der Waals surface area contributed by atoms with Crippen LogP contribution in [-0.4, -0.2) is 53.9 Å². The Morgan fingerprint density at radius 1 is 1.44 bits per heavy atom. The van der Waals surface area contributed by atoms with Crippen LogP contribution in [-0.2, 0) is 0 Å². The molecule has 0 spiro atoms. The number of amides is 1. The molecule has 0 saturated carbocycles. The van der Waals surface area contributed by atoms with E-state index in [1.54, 1.807) is 18.0 Å². The number of likely N-dealkylation sites (tertiary alicyclic amines) is 1. The topological polar surface area (TPSA) is 56.4 Å². The second kappa shape index (κ2) is 5.82. The highest BCUT2D eigenvalue weighted by Crippen LogP contribution is 2.07. The third-order valence-corrected chi connectivity index (χ3v) is 3.32. The van der Waals surface area contributed by atoms with E-state index in [-0.39, 0.29) is 11.5 Å². The van der Waals surface area contributed by atoms with Crippen LogP contribution in [0.3, 0.4) is 0 Å². The maximum atomic E-state index is 12.1. The highest BCUT2D eigenvalue weighted by atomic mass is 16.2. The molecule has 0 bridgehead atoms. The molecule has 1 aromatic rings. The Balaban J connectivity index is 1.89. The fourth-order valence-electron chi connectivity index (χ4n) is 2.20. The molecular weight excluding hydrogens is 230 g/mol. The van der Waals surface area contributed by atoms with Crippen LogP contribution < -0.4 is 5.56 Å². The van der Waals surface area contributed by atoms with Crippen molar-refractivity contribution in [1.29, 1.82) is 0 Å². The van der Waals surface area contributed by atoms with Crippen molar-refractivity contribution in [2.75, 3.05) is 33.2 Å². The van der Waals surface area contributed by atoms with Crippen molar-refractivity contribution in [2.24, 2.45) is 0 Å². The Kier molecular flexibility index (Phi) is 4.15. The molecule has 1 amide bonds. The number of rotatable bonds is 4. The molecular formula is C13H19N3O2. The quantitative estimate of drug-likeness (QED) is 0.847. The number of likely N-dealkylation sites (N-methyl/N-ethyl adjacent to an activating group) is 1. The van der Waals surface area contributed by atoms with Gasteiger partial charge in [-0.25, -0.2) is 0 Å². The molecule has 0 radical (unpaired) electrons. The summed E-state index contributed by atoms with van der Waals surface area (Å²) in [5.41, 5.74) is 0.205. The molecule has 2 heterocycles. The van der Waals surface area contributed by atoms with Crippen LogP contribution in [0.5, 0.6) is 0 Å². The zero-order valence-corrected chi connectivity index (χ0v) is 10.7. The van der Waals surface area contributed by atoms with Crippen molar-refractivity contribution >= 4 is 5.91 Å². The van der Waals surface area contributed by atoms with Crippen molar-refractivity contribution < 1.29 is 4.79 Å². The van der Waals surface area contributed by atoms with Gasteiger partial charge < -0.3 is 14.8 Å². The fraction of sp³-hybridized carbons (Fsp3) is 0.538. The molecule has 98 valence electrons. The van der Waals surface area contributed by atoms with Crippen molar-refractivity contribution in [3.8, 4) is 0 Å². The third kappa shape index (κ3) is 3.20. The predicted molar refractivity (Wildman–Crippen MR) is 69.7 cm³/mol. The van der Waals surface area contributed by atoms with Gasteiger partial charge in [0.05, 0.1) is 0 Å². The van der Waals surface area contributed by atoms with E-state index in [1.807, 2.05) is 0 Å². The van der Waals surface area contributed by atoms with Gasteiger partial charge >= 0.3 is 0 Å². The first-order valence-electron chi connectivity index (χ1n) is 6.33. The summed E-state index contributed by atoms with van der Waals surface area (Å²) in [7, 11) is 1.78. The fourth-order valence-corrected chi connectivity index (χ4v) is 2.20. The largest absolute Gasteiger partial charge is 0.340 e. The van der Waals surface area contributed by atoms with Gasteiger partial charge in [0.15, 0.2) is 0 Å². The summed E-state index contributed by atoms with van der Waals surface area (Å²) in [6.07, 6.45) is 4.02. The Morgan fingerprint density at radius 2 is 2.17 bits per heavy atom.